The molecule has 0 aromatic heterocycles. The smallest absolute Gasteiger partial charge is 0.0775 e. The van der Waals surface area contributed by atoms with E-state index in [2.05, 4.69) is 11.9 Å². The molecule has 0 aliphatic carbocycles. The largest absolute Gasteiger partial charge is 0.396 e. The number of hydrogen-bond acceptors (Lipinski definition) is 4. The van der Waals surface area contributed by atoms with E-state index in [1.165, 1.54) is 5.04 Å². The van der Waals surface area contributed by atoms with Crippen LogP contribution in [-0.2, 0) is 0 Å². The maximum atomic E-state index is 8.53. The summed E-state index contributed by atoms with van der Waals surface area (Å²) in [5.74, 6) is 1.10. The lowest BCUT2D eigenvalue weighted by molar-refractivity contribution is 0.287. The van der Waals surface area contributed by atoms with Crippen LogP contribution < -0.4 is 0 Å². The molecule has 0 fully saturated rings. The number of aliphatic hydroxyl groups excluding tert-OH is 1. The Morgan fingerprint density at radius 2 is 2.17 bits per heavy atom. The molecule has 4 heteroatoms. The quantitative estimate of drug-likeness (QED) is 0.314. The van der Waals surface area contributed by atoms with E-state index in [-0.39, 0.29) is 0 Å². The van der Waals surface area contributed by atoms with Crippen LogP contribution in [0.2, 0.25) is 0 Å². The molecule has 0 bridgehead atoms. The molecule has 0 aromatic carbocycles. The fraction of sp³-hybridized carbons (Fsp3) is 0.875. The lowest BCUT2D eigenvalue weighted by atomic mass is 10.4. The van der Waals surface area contributed by atoms with Gasteiger partial charge in [0.25, 0.3) is 0 Å². The minimum atomic E-state index is 0.313. The van der Waals surface area contributed by atoms with Crippen LogP contribution in [0.3, 0.4) is 0 Å². The molecule has 2 nitrogen and oxygen atoms in total. The van der Waals surface area contributed by atoms with E-state index in [0.29, 0.717) is 6.61 Å². The fourth-order valence-electron chi connectivity index (χ4n) is 0.637. The van der Waals surface area contributed by atoms with Crippen molar-refractivity contribution in [3.8, 4) is 0 Å². The fourth-order valence-corrected chi connectivity index (χ4v) is 2.96. The van der Waals surface area contributed by atoms with E-state index < -0.39 is 0 Å². The van der Waals surface area contributed by atoms with Crippen LogP contribution in [0.15, 0.2) is 4.99 Å². The predicted octanol–water partition coefficient (Wildman–Crippen LogP) is 2.58. The van der Waals surface area contributed by atoms with Crippen LogP contribution in [-0.4, -0.2) is 29.6 Å². The molecule has 0 heterocycles. The predicted molar refractivity (Wildman–Crippen MR) is 60.0 cm³/mol. The zero-order valence-corrected chi connectivity index (χ0v) is 9.38. The number of rotatable bonds is 6. The van der Waals surface area contributed by atoms with Gasteiger partial charge < -0.3 is 5.11 Å². The second kappa shape index (κ2) is 9.42. The van der Waals surface area contributed by atoms with Crippen molar-refractivity contribution in [1.82, 2.24) is 0 Å². The highest BCUT2D eigenvalue weighted by Gasteiger charge is 1.96. The molecule has 0 saturated heterocycles. The molecule has 0 aliphatic rings. The average molecular weight is 207 g/mol. The molecule has 0 unspecified atom stereocenters. The molecule has 0 atom stereocenters. The van der Waals surface area contributed by atoms with Crippen molar-refractivity contribution < 1.29 is 5.11 Å². The van der Waals surface area contributed by atoms with Gasteiger partial charge in [-0.05, 0) is 30.1 Å². The monoisotopic (exact) mass is 207 g/mol. The Kier molecular flexibility index (Phi) is 9.68. The van der Waals surface area contributed by atoms with Gasteiger partial charge in [0.15, 0.2) is 0 Å². The summed E-state index contributed by atoms with van der Waals surface area (Å²) in [5.41, 5.74) is 0. The first-order chi connectivity index (χ1) is 5.85. The number of aliphatic imine (C=N–C) groups is 1. The Hall–Kier alpha value is 0.330. The molecule has 0 aliphatic heterocycles. The second-order valence-corrected chi connectivity index (χ2v) is 4.80. The molecule has 1 N–H and O–H groups in total. The summed E-state index contributed by atoms with van der Waals surface area (Å²) >= 11 is 0. The Morgan fingerprint density at radius 1 is 1.42 bits per heavy atom. The van der Waals surface area contributed by atoms with E-state index in [9.17, 15) is 0 Å². The van der Waals surface area contributed by atoms with E-state index in [0.717, 1.165) is 25.0 Å². The Morgan fingerprint density at radius 3 is 2.67 bits per heavy atom. The molecular weight excluding hydrogens is 190 g/mol. The van der Waals surface area contributed by atoms with Gasteiger partial charge in [0, 0.05) is 19.4 Å². The van der Waals surface area contributed by atoms with E-state index in [1.54, 1.807) is 10.8 Å². The molecule has 0 radical (unpaired) electrons. The lowest BCUT2D eigenvalue weighted by Crippen LogP contribution is -1.87. The Bertz CT molecular complexity index is 128. The topological polar surface area (TPSA) is 32.6 Å². The van der Waals surface area contributed by atoms with Gasteiger partial charge in [-0.3, -0.25) is 4.99 Å². The van der Waals surface area contributed by atoms with Gasteiger partial charge in [-0.2, -0.15) is 0 Å². The third-order valence-corrected chi connectivity index (χ3v) is 4.01. The van der Waals surface area contributed by atoms with E-state index >= 15 is 0 Å². The van der Waals surface area contributed by atoms with Gasteiger partial charge in [-0.25, -0.2) is 0 Å². The molecule has 0 saturated carbocycles. The lowest BCUT2D eigenvalue weighted by Gasteiger charge is -2.00. The highest BCUT2D eigenvalue weighted by atomic mass is 33.1. The molecular formula is C8H17NOS2. The first kappa shape index (κ1) is 12.3. The van der Waals surface area contributed by atoms with Crippen LogP contribution in [0.1, 0.15) is 26.2 Å². The summed E-state index contributed by atoms with van der Waals surface area (Å²) in [7, 11) is 5.42. The van der Waals surface area contributed by atoms with Crippen molar-refractivity contribution >= 4 is 26.6 Å². The molecule has 0 amide bonds. The third-order valence-electron chi connectivity index (χ3n) is 1.34. The number of nitrogens with zero attached hydrogens (tertiary/aromatic N) is 1. The van der Waals surface area contributed by atoms with Crippen LogP contribution >= 0.6 is 21.6 Å². The summed E-state index contributed by atoms with van der Waals surface area (Å²) in [5, 5.41) is 9.73. The van der Waals surface area contributed by atoms with Crippen molar-refractivity contribution in [1.29, 1.82) is 0 Å². The maximum absolute atomic E-state index is 8.53. The minimum Gasteiger partial charge on any atom is -0.396 e. The van der Waals surface area contributed by atoms with Gasteiger partial charge in [0.05, 0.1) is 5.04 Å². The minimum absolute atomic E-state index is 0.313. The van der Waals surface area contributed by atoms with Gasteiger partial charge in [-0.15, -0.1) is 0 Å². The second-order valence-electron chi connectivity index (χ2n) is 2.31. The van der Waals surface area contributed by atoms with Crippen LogP contribution in [0.4, 0.5) is 0 Å². The number of unbranched alkanes of at least 4 members (excludes halogenated alkanes) is 1. The third kappa shape index (κ3) is 7.00. The van der Waals surface area contributed by atoms with Crippen LogP contribution in [0.5, 0.6) is 0 Å². The van der Waals surface area contributed by atoms with Gasteiger partial charge in [0.2, 0.25) is 0 Å². The molecule has 0 aromatic rings. The maximum Gasteiger partial charge on any atom is 0.0775 e. The van der Waals surface area contributed by atoms with Crippen LogP contribution in [0, 0.1) is 0 Å². The summed E-state index contributed by atoms with van der Waals surface area (Å²) in [4.78, 5) is 4.13. The zero-order valence-electron chi connectivity index (χ0n) is 7.75. The van der Waals surface area contributed by atoms with Gasteiger partial charge in [0.1, 0.15) is 0 Å². The van der Waals surface area contributed by atoms with Gasteiger partial charge in [-0.1, -0.05) is 17.7 Å². The molecule has 0 rings (SSSR count). The molecule has 72 valence electrons. The standard InChI is InChI=1S/C8H17NOS2/c1-3-8(9-2)12-11-7-5-4-6-10/h10H,3-7H2,1-2H3. The zero-order chi connectivity index (χ0) is 9.23. The van der Waals surface area contributed by atoms with Crippen molar-refractivity contribution in [2.75, 3.05) is 19.4 Å². The summed E-state index contributed by atoms with van der Waals surface area (Å²) in [6, 6.07) is 0. The van der Waals surface area contributed by atoms with Gasteiger partial charge >= 0.3 is 0 Å². The van der Waals surface area contributed by atoms with E-state index in [4.69, 9.17) is 5.11 Å². The highest BCUT2D eigenvalue weighted by Crippen LogP contribution is 2.25. The normalized spacial score (nSPS) is 12.1. The number of aliphatic hydroxyl groups is 1. The number of hydrogen-bond donors (Lipinski definition) is 1. The average Bonchev–Trinajstić information content (AvgIpc) is 2.11. The molecule has 12 heavy (non-hydrogen) atoms. The van der Waals surface area contributed by atoms with E-state index in [1.807, 2.05) is 17.8 Å². The summed E-state index contributed by atoms with van der Waals surface area (Å²) in [6.07, 6.45) is 3.03. The van der Waals surface area contributed by atoms with Crippen molar-refractivity contribution in [3.63, 3.8) is 0 Å². The first-order valence-corrected chi connectivity index (χ1v) is 6.53. The SMILES string of the molecule is CCC(=NC)SSCCCCO. The summed E-state index contributed by atoms with van der Waals surface area (Å²) in [6.45, 7) is 2.43. The van der Waals surface area contributed by atoms with Crippen LogP contribution in [0.25, 0.3) is 0 Å². The molecule has 0 spiro atoms. The summed E-state index contributed by atoms with van der Waals surface area (Å²) < 4.78 is 0. The first-order valence-electron chi connectivity index (χ1n) is 4.21. The van der Waals surface area contributed by atoms with Crippen molar-refractivity contribution in [3.05, 3.63) is 0 Å². The highest BCUT2D eigenvalue weighted by molar-refractivity contribution is 8.82. The Balaban J connectivity index is 3.18. The van der Waals surface area contributed by atoms with Crippen molar-refractivity contribution in [2.45, 2.75) is 26.2 Å². The Labute approximate surface area is 82.6 Å². The van der Waals surface area contributed by atoms with Crippen molar-refractivity contribution in [2.24, 2.45) is 4.99 Å².